The molecule has 0 bridgehead atoms. The van der Waals surface area contributed by atoms with E-state index in [1.54, 1.807) is 0 Å². The van der Waals surface area contributed by atoms with Gasteiger partial charge in [0, 0.05) is 11.4 Å². The van der Waals surface area contributed by atoms with Crippen LogP contribution in [0.1, 0.15) is 0 Å². The zero-order valence-corrected chi connectivity index (χ0v) is 8.84. The second-order valence-corrected chi connectivity index (χ2v) is 3.56. The second-order valence-electron chi connectivity index (χ2n) is 3.56. The Morgan fingerprint density at radius 3 is 2.50 bits per heavy atom. The number of allylic oxidation sites excluding steroid dienone is 3. The van der Waals surface area contributed by atoms with E-state index < -0.39 is 0 Å². The average Bonchev–Trinajstić information content (AvgIpc) is 2.47. The number of rotatable bonds is 2. The zero-order valence-electron chi connectivity index (χ0n) is 8.84. The predicted molar refractivity (Wildman–Crippen MR) is 65.8 cm³/mol. The maximum absolute atomic E-state index is 5.72. The van der Waals surface area contributed by atoms with E-state index >= 15 is 0 Å². The molecule has 3 nitrogen and oxygen atoms in total. The molecule has 2 rings (SSSR count). The molecule has 1 unspecified atom stereocenters. The van der Waals surface area contributed by atoms with Crippen LogP contribution in [-0.4, -0.2) is 6.10 Å². The Balaban J connectivity index is 2.06. The smallest absolute Gasteiger partial charge is 0.136 e. The van der Waals surface area contributed by atoms with Crippen LogP contribution in [0.15, 0.2) is 60.3 Å². The molecule has 0 amide bonds. The summed E-state index contributed by atoms with van der Waals surface area (Å²) in [5.41, 5.74) is 12.7. The van der Waals surface area contributed by atoms with Gasteiger partial charge in [0.15, 0.2) is 0 Å². The summed E-state index contributed by atoms with van der Waals surface area (Å²) in [6.45, 7) is 0. The summed E-state index contributed by atoms with van der Waals surface area (Å²) >= 11 is 0. The molecule has 1 aliphatic carbocycles. The lowest BCUT2D eigenvalue weighted by Gasteiger charge is -2.11. The highest BCUT2D eigenvalue weighted by molar-refractivity contribution is 5.42. The molecular formula is C13H14N2O. The SMILES string of the molecule is NC1=CC=CC(Oc2ccc(N)cc2)C=C1. The fourth-order valence-electron chi connectivity index (χ4n) is 1.38. The van der Waals surface area contributed by atoms with Crippen molar-refractivity contribution in [1.29, 1.82) is 0 Å². The van der Waals surface area contributed by atoms with E-state index in [4.69, 9.17) is 16.2 Å². The van der Waals surface area contributed by atoms with Crippen LogP contribution in [0.25, 0.3) is 0 Å². The number of nitrogens with two attached hydrogens (primary N) is 2. The highest BCUT2D eigenvalue weighted by Gasteiger charge is 2.03. The number of hydrogen-bond donors (Lipinski definition) is 2. The summed E-state index contributed by atoms with van der Waals surface area (Å²) in [6, 6.07) is 7.32. The predicted octanol–water partition coefficient (Wildman–Crippen LogP) is 1.98. The van der Waals surface area contributed by atoms with Crippen molar-refractivity contribution < 1.29 is 4.74 Å². The molecule has 1 aliphatic rings. The largest absolute Gasteiger partial charge is 0.482 e. The molecular weight excluding hydrogens is 200 g/mol. The summed E-state index contributed by atoms with van der Waals surface area (Å²) in [6.07, 6.45) is 9.31. The molecule has 1 atom stereocenters. The Kier molecular flexibility index (Phi) is 2.96. The van der Waals surface area contributed by atoms with Gasteiger partial charge in [-0.05, 0) is 48.6 Å². The van der Waals surface area contributed by atoms with Crippen LogP contribution in [0.5, 0.6) is 5.75 Å². The molecule has 4 N–H and O–H groups in total. The summed E-state index contributed by atoms with van der Waals surface area (Å²) in [5.74, 6) is 0.786. The minimum atomic E-state index is -0.0964. The van der Waals surface area contributed by atoms with E-state index in [-0.39, 0.29) is 6.10 Å². The average molecular weight is 214 g/mol. The topological polar surface area (TPSA) is 61.3 Å². The van der Waals surface area contributed by atoms with Crippen LogP contribution in [0.3, 0.4) is 0 Å². The lowest BCUT2D eigenvalue weighted by Crippen LogP contribution is -2.09. The van der Waals surface area contributed by atoms with E-state index in [1.807, 2.05) is 54.6 Å². The van der Waals surface area contributed by atoms with Gasteiger partial charge in [-0.25, -0.2) is 0 Å². The molecule has 0 aromatic heterocycles. The first-order valence-corrected chi connectivity index (χ1v) is 5.08. The molecule has 0 spiro atoms. The number of nitrogen functional groups attached to an aromatic ring is 1. The van der Waals surface area contributed by atoms with Crippen molar-refractivity contribution in [3.8, 4) is 5.75 Å². The fraction of sp³-hybridized carbons (Fsp3) is 0.0769. The molecule has 1 aromatic carbocycles. The Morgan fingerprint density at radius 2 is 1.75 bits per heavy atom. The Hall–Kier alpha value is -2.16. The first-order valence-electron chi connectivity index (χ1n) is 5.08. The van der Waals surface area contributed by atoms with Crippen molar-refractivity contribution in [2.75, 3.05) is 5.73 Å². The fourth-order valence-corrected chi connectivity index (χ4v) is 1.38. The van der Waals surface area contributed by atoms with Crippen molar-refractivity contribution in [3.63, 3.8) is 0 Å². The summed E-state index contributed by atoms with van der Waals surface area (Å²) in [7, 11) is 0. The molecule has 1 aromatic rings. The van der Waals surface area contributed by atoms with Crippen LogP contribution >= 0.6 is 0 Å². The van der Waals surface area contributed by atoms with Crippen molar-refractivity contribution in [3.05, 3.63) is 60.3 Å². The van der Waals surface area contributed by atoms with Crippen LogP contribution in [0.2, 0.25) is 0 Å². The van der Waals surface area contributed by atoms with Gasteiger partial charge in [-0.15, -0.1) is 0 Å². The summed E-state index contributed by atoms with van der Waals surface area (Å²) < 4.78 is 5.72. The van der Waals surface area contributed by atoms with Gasteiger partial charge in [0.05, 0.1) is 0 Å². The third kappa shape index (κ3) is 2.67. The van der Waals surface area contributed by atoms with E-state index in [0.29, 0.717) is 0 Å². The van der Waals surface area contributed by atoms with Crippen LogP contribution in [0, 0.1) is 0 Å². The number of hydrogen-bond acceptors (Lipinski definition) is 3. The van der Waals surface area contributed by atoms with Gasteiger partial charge in [0.25, 0.3) is 0 Å². The number of ether oxygens (including phenoxy) is 1. The summed E-state index contributed by atoms with van der Waals surface area (Å²) in [4.78, 5) is 0. The van der Waals surface area contributed by atoms with E-state index in [0.717, 1.165) is 17.1 Å². The molecule has 0 radical (unpaired) electrons. The third-order valence-corrected chi connectivity index (χ3v) is 2.22. The second kappa shape index (κ2) is 4.57. The quantitative estimate of drug-likeness (QED) is 0.740. The van der Waals surface area contributed by atoms with Gasteiger partial charge >= 0.3 is 0 Å². The molecule has 0 fully saturated rings. The third-order valence-electron chi connectivity index (χ3n) is 2.22. The normalized spacial score (nSPS) is 19.0. The van der Waals surface area contributed by atoms with Crippen molar-refractivity contribution in [2.24, 2.45) is 5.73 Å². The minimum absolute atomic E-state index is 0.0964. The summed E-state index contributed by atoms with van der Waals surface area (Å²) in [5, 5.41) is 0. The van der Waals surface area contributed by atoms with Crippen LogP contribution < -0.4 is 16.2 Å². The standard InChI is InChI=1S/C13H14N2O/c14-10-2-1-3-12(7-4-10)16-13-8-5-11(15)6-9-13/h1-9,12H,14-15H2. The van der Waals surface area contributed by atoms with Gasteiger partial charge in [0.2, 0.25) is 0 Å². The maximum Gasteiger partial charge on any atom is 0.136 e. The molecule has 16 heavy (non-hydrogen) atoms. The van der Waals surface area contributed by atoms with Crippen LogP contribution in [-0.2, 0) is 0 Å². The minimum Gasteiger partial charge on any atom is -0.482 e. The zero-order chi connectivity index (χ0) is 11.4. The lowest BCUT2D eigenvalue weighted by atomic mass is 10.3. The van der Waals surface area contributed by atoms with Crippen molar-refractivity contribution in [2.45, 2.75) is 6.10 Å². The highest BCUT2D eigenvalue weighted by atomic mass is 16.5. The van der Waals surface area contributed by atoms with Crippen molar-refractivity contribution in [1.82, 2.24) is 0 Å². The van der Waals surface area contributed by atoms with Crippen LogP contribution in [0.4, 0.5) is 5.69 Å². The number of anilines is 1. The van der Waals surface area contributed by atoms with Gasteiger partial charge in [0.1, 0.15) is 11.9 Å². The van der Waals surface area contributed by atoms with Gasteiger partial charge in [-0.2, -0.15) is 0 Å². The Labute approximate surface area is 94.7 Å². The number of benzene rings is 1. The molecule has 0 heterocycles. The molecule has 82 valence electrons. The van der Waals surface area contributed by atoms with Gasteiger partial charge in [-0.3, -0.25) is 0 Å². The first-order chi connectivity index (χ1) is 7.74. The lowest BCUT2D eigenvalue weighted by molar-refractivity contribution is 0.296. The van der Waals surface area contributed by atoms with Crippen molar-refractivity contribution >= 4 is 5.69 Å². The molecule has 0 aliphatic heterocycles. The molecule has 3 heteroatoms. The Morgan fingerprint density at radius 1 is 1.00 bits per heavy atom. The van der Waals surface area contributed by atoms with Gasteiger partial charge in [-0.1, -0.05) is 6.08 Å². The molecule has 0 saturated heterocycles. The van der Waals surface area contributed by atoms with E-state index in [9.17, 15) is 0 Å². The maximum atomic E-state index is 5.72. The van der Waals surface area contributed by atoms with E-state index in [1.165, 1.54) is 0 Å². The first kappa shape index (κ1) is 10.4. The monoisotopic (exact) mass is 214 g/mol. The highest BCUT2D eigenvalue weighted by Crippen LogP contribution is 2.16. The van der Waals surface area contributed by atoms with Gasteiger partial charge < -0.3 is 16.2 Å². The molecule has 0 saturated carbocycles. The Bertz CT molecular complexity index is 444. The van der Waals surface area contributed by atoms with E-state index in [2.05, 4.69) is 0 Å².